The van der Waals surface area contributed by atoms with Gasteiger partial charge in [0.25, 0.3) is 0 Å². The van der Waals surface area contributed by atoms with Crippen molar-refractivity contribution in [2.24, 2.45) is 0 Å². The van der Waals surface area contributed by atoms with Crippen molar-refractivity contribution in [3.05, 3.63) is 35.4 Å². The predicted octanol–water partition coefficient (Wildman–Crippen LogP) is 2.93. The van der Waals surface area contributed by atoms with E-state index >= 15 is 0 Å². The third kappa shape index (κ3) is 4.14. The molecule has 7 heteroatoms. The number of rotatable bonds is 5. The quantitative estimate of drug-likeness (QED) is 0.714. The van der Waals surface area contributed by atoms with Gasteiger partial charge in [-0.1, -0.05) is 6.07 Å². The number of ether oxygens (including phenoxy) is 2. The molecule has 0 spiro atoms. The van der Waals surface area contributed by atoms with E-state index in [0.717, 1.165) is 50.9 Å². The van der Waals surface area contributed by atoms with Crippen molar-refractivity contribution in [2.75, 3.05) is 32.0 Å². The molecule has 1 aromatic carbocycles. The van der Waals surface area contributed by atoms with Crippen LogP contribution in [0.1, 0.15) is 42.7 Å². The molecule has 4 N–H and O–H groups in total. The van der Waals surface area contributed by atoms with Gasteiger partial charge in [-0.3, -0.25) is 0 Å². The molecule has 2 saturated heterocycles. The van der Waals surface area contributed by atoms with Crippen LogP contribution in [-0.2, 0) is 4.74 Å². The molecule has 4 rings (SSSR count). The van der Waals surface area contributed by atoms with E-state index in [4.69, 9.17) is 15.2 Å². The monoisotopic (exact) mass is 394 g/mol. The number of hydrogen-bond donors (Lipinski definition) is 3. The third-order valence-electron chi connectivity index (χ3n) is 5.68. The Morgan fingerprint density at radius 2 is 2.14 bits per heavy atom. The van der Waals surface area contributed by atoms with Crippen molar-refractivity contribution in [3.8, 4) is 28.8 Å². The summed E-state index contributed by atoms with van der Waals surface area (Å²) < 4.78 is 11.6. The number of phenolic OH excluding ortho intramolecular Hbond substituents is 1. The summed E-state index contributed by atoms with van der Waals surface area (Å²) in [6.07, 6.45) is 3.93. The van der Waals surface area contributed by atoms with Gasteiger partial charge in [0.05, 0.1) is 22.9 Å². The third-order valence-corrected chi connectivity index (χ3v) is 5.68. The number of phenols is 1. The highest BCUT2D eigenvalue weighted by Gasteiger charge is 2.24. The summed E-state index contributed by atoms with van der Waals surface area (Å²) in [5.74, 6) is 1.03. The highest BCUT2D eigenvalue weighted by Crippen LogP contribution is 2.40. The Balaban J connectivity index is 1.72. The van der Waals surface area contributed by atoms with Crippen LogP contribution in [0.4, 0.5) is 5.82 Å². The van der Waals surface area contributed by atoms with Gasteiger partial charge in [0, 0.05) is 6.61 Å². The number of piperidine rings is 1. The average molecular weight is 394 g/mol. The molecule has 0 bridgehead atoms. The van der Waals surface area contributed by atoms with Crippen LogP contribution in [0.3, 0.4) is 0 Å². The van der Waals surface area contributed by atoms with Gasteiger partial charge in [-0.2, -0.15) is 5.26 Å². The number of benzene rings is 1. The second-order valence-electron chi connectivity index (χ2n) is 7.59. The lowest BCUT2D eigenvalue weighted by atomic mass is 9.86. The highest BCUT2D eigenvalue weighted by molar-refractivity contribution is 5.76. The van der Waals surface area contributed by atoms with Gasteiger partial charge in [0.1, 0.15) is 30.0 Å². The Morgan fingerprint density at radius 1 is 1.31 bits per heavy atom. The molecule has 2 fully saturated rings. The number of aromatic nitrogens is 1. The Hall–Kier alpha value is -2.82. The van der Waals surface area contributed by atoms with Crippen molar-refractivity contribution in [3.63, 3.8) is 0 Å². The molecule has 3 heterocycles. The maximum absolute atomic E-state index is 10.6. The number of nitrogens with two attached hydrogens (primary N) is 1. The van der Waals surface area contributed by atoms with E-state index in [-0.39, 0.29) is 23.6 Å². The molecule has 2 aromatic rings. The van der Waals surface area contributed by atoms with Crippen LogP contribution >= 0.6 is 0 Å². The molecular formula is C22H26N4O3. The lowest BCUT2D eigenvalue weighted by Gasteiger charge is -2.25. The summed E-state index contributed by atoms with van der Waals surface area (Å²) in [7, 11) is 0. The summed E-state index contributed by atoms with van der Waals surface area (Å²) in [5.41, 5.74) is 8.50. The van der Waals surface area contributed by atoms with Gasteiger partial charge in [-0.05, 0) is 68.5 Å². The van der Waals surface area contributed by atoms with E-state index in [0.29, 0.717) is 29.2 Å². The fourth-order valence-corrected chi connectivity index (χ4v) is 4.15. The minimum absolute atomic E-state index is 0.0643. The summed E-state index contributed by atoms with van der Waals surface area (Å²) in [6, 6.07) is 9.26. The minimum Gasteiger partial charge on any atom is -0.507 e. The van der Waals surface area contributed by atoms with Crippen LogP contribution < -0.4 is 15.8 Å². The van der Waals surface area contributed by atoms with E-state index in [1.807, 2.05) is 12.1 Å². The first-order chi connectivity index (χ1) is 14.2. The fourth-order valence-electron chi connectivity index (χ4n) is 4.15. The zero-order chi connectivity index (χ0) is 20.2. The first-order valence-corrected chi connectivity index (χ1v) is 10.2. The maximum atomic E-state index is 10.6. The van der Waals surface area contributed by atoms with E-state index in [1.54, 1.807) is 12.1 Å². The predicted molar refractivity (Wildman–Crippen MR) is 110 cm³/mol. The maximum Gasteiger partial charge on any atom is 0.142 e. The van der Waals surface area contributed by atoms with E-state index in [2.05, 4.69) is 16.4 Å². The van der Waals surface area contributed by atoms with Crippen LogP contribution in [0.25, 0.3) is 11.3 Å². The Bertz CT molecular complexity index is 913. The molecule has 1 unspecified atom stereocenters. The number of aromatic hydroxyl groups is 1. The lowest BCUT2D eigenvalue weighted by Crippen LogP contribution is -2.27. The molecule has 0 radical (unpaired) electrons. The van der Waals surface area contributed by atoms with E-state index in [1.165, 1.54) is 0 Å². The first-order valence-electron chi connectivity index (χ1n) is 10.2. The SMILES string of the molecule is N#Cc1c(C2CCNCC2)cc(-c2c(O)cccc2OCC2CCCO2)nc1N. The number of anilines is 1. The molecular weight excluding hydrogens is 368 g/mol. The van der Waals surface area contributed by atoms with Crippen molar-refractivity contribution in [1.82, 2.24) is 10.3 Å². The molecule has 0 amide bonds. The zero-order valence-electron chi connectivity index (χ0n) is 16.4. The normalized spacial score (nSPS) is 19.8. The van der Waals surface area contributed by atoms with Crippen molar-refractivity contribution in [1.29, 1.82) is 5.26 Å². The van der Waals surface area contributed by atoms with Gasteiger partial charge >= 0.3 is 0 Å². The fraction of sp³-hybridized carbons (Fsp3) is 0.455. The van der Waals surface area contributed by atoms with Gasteiger partial charge in [0.2, 0.25) is 0 Å². The Labute approximate surface area is 170 Å². The molecule has 152 valence electrons. The molecule has 2 aliphatic rings. The van der Waals surface area contributed by atoms with Gasteiger partial charge < -0.3 is 25.6 Å². The van der Waals surface area contributed by atoms with Crippen LogP contribution in [0.5, 0.6) is 11.5 Å². The topological polar surface area (TPSA) is 113 Å². The minimum atomic E-state index is 0.0643. The summed E-state index contributed by atoms with van der Waals surface area (Å²) in [6.45, 7) is 2.98. The number of nitrogen functional groups attached to an aromatic ring is 1. The summed E-state index contributed by atoms with van der Waals surface area (Å²) >= 11 is 0. The molecule has 0 saturated carbocycles. The van der Waals surface area contributed by atoms with Crippen LogP contribution in [-0.4, -0.2) is 42.5 Å². The van der Waals surface area contributed by atoms with E-state index < -0.39 is 0 Å². The summed E-state index contributed by atoms with van der Waals surface area (Å²) in [5, 5.41) is 23.6. The molecule has 7 nitrogen and oxygen atoms in total. The molecule has 1 aromatic heterocycles. The van der Waals surface area contributed by atoms with Gasteiger partial charge in [-0.25, -0.2) is 4.98 Å². The average Bonchev–Trinajstić information content (AvgIpc) is 3.26. The van der Waals surface area contributed by atoms with Crippen LogP contribution in [0.2, 0.25) is 0 Å². The molecule has 29 heavy (non-hydrogen) atoms. The zero-order valence-corrected chi connectivity index (χ0v) is 16.4. The second kappa shape index (κ2) is 8.68. The standard InChI is InChI=1S/C22H26N4O3/c23-12-17-16(14-6-8-25-9-7-14)11-18(26-22(17)24)21-19(27)4-1-5-20(21)29-13-15-3-2-10-28-15/h1,4-5,11,14-15,25,27H,2-3,6-10,13H2,(H2,24,26). The van der Waals surface area contributed by atoms with Crippen molar-refractivity contribution in [2.45, 2.75) is 37.7 Å². The number of pyridine rings is 1. The van der Waals surface area contributed by atoms with Crippen LogP contribution in [0, 0.1) is 11.3 Å². The second-order valence-corrected chi connectivity index (χ2v) is 7.59. The van der Waals surface area contributed by atoms with Gasteiger partial charge in [0.15, 0.2) is 0 Å². The van der Waals surface area contributed by atoms with Gasteiger partial charge in [-0.15, -0.1) is 0 Å². The Kier molecular flexibility index (Phi) is 5.84. The molecule has 0 aliphatic carbocycles. The van der Waals surface area contributed by atoms with Crippen molar-refractivity contribution < 1.29 is 14.6 Å². The largest absolute Gasteiger partial charge is 0.507 e. The number of nitrogens with zero attached hydrogens (tertiary/aromatic N) is 2. The number of hydrogen-bond acceptors (Lipinski definition) is 7. The number of nitrogens with one attached hydrogen (secondary N) is 1. The molecule has 2 aliphatic heterocycles. The highest BCUT2D eigenvalue weighted by atomic mass is 16.5. The van der Waals surface area contributed by atoms with Crippen LogP contribution in [0.15, 0.2) is 24.3 Å². The summed E-state index contributed by atoms with van der Waals surface area (Å²) in [4.78, 5) is 4.44. The van der Waals surface area contributed by atoms with Crippen molar-refractivity contribution >= 4 is 5.82 Å². The lowest BCUT2D eigenvalue weighted by molar-refractivity contribution is 0.0681. The number of nitriles is 1. The van der Waals surface area contributed by atoms with E-state index in [9.17, 15) is 10.4 Å². The first kappa shape index (κ1) is 19.5. The smallest absolute Gasteiger partial charge is 0.142 e. The molecule has 1 atom stereocenters. The Morgan fingerprint density at radius 3 is 2.86 bits per heavy atom.